The van der Waals surface area contributed by atoms with Crippen molar-refractivity contribution >= 4 is 37.6 Å². The van der Waals surface area contributed by atoms with Crippen molar-refractivity contribution in [2.24, 2.45) is 11.1 Å². The van der Waals surface area contributed by atoms with Crippen LogP contribution in [0.2, 0.25) is 5.15 Å². The molecule has 4 N–H and O–H groups in total. The summed E-state index contributed by atoms with van der Waals surface area (Å²) in [7, 11) is -8.89. The molecule has 14 heteroatoms. The maximum atomic E-state index is 13.4. The zero-order valence-corrected chi connectivity index (χ0v) is 22.9. The molecule has 36 heavy (non-hydrogen) atoms. The molecule has 0 spiro atoms. The Kier molecular flexibility index (Phi) is 10.5. The van der Waals surface area contributed by atoms with Gasteiger partial charge in [0, 0.05) is 13.0 Å². The molecule has 0 unspecified atom stereocenters. The first-order valence-electron chi connectivity index (χ1n) is 11.4. The Balaban J connectivity index is 2.44. The van der Waals surface area contributed by atoms with E-state index >= 15 is 0 Å². The van der Waals surface area contributed by atoms with Crippen LogP contribution < -0.4 is 5.14 Å². The monoisotopic (exact) mass is 564 g/mol. The molecule has 0 bridgehead atoms. The molecule has 0 aliphatic carbocycles. The van der Waals surface area contributed by atoms with Crippen molar-refractivity contribution in [3.8, 4) is 0 Å². The van der Waals surface area contributed by atoms with Crippen molar-refractivity contribution in [2.75, 3.05) is 5.88 Å². The van der Waals surface area contributed by atoms with Crippen molar-refractivity contribution in [3.63, 3.8) is 0 Å². The number of nitrogens with two attached hydrogens (primary N) is 1. The number of carbonyl (C=O) groups is 1. The van der Waals surface area contributed by atoms with E-state index in [1.807, 2.05) is 6.92 Å². The average molecular weight is 565 g/mol. The third-order valence-electron chi connectivity index (χ3n) is 5.51. The van der Waals surface area contributed by atoms with Crippen LogP contribution in [0.15, 0.2) is 29.2 Å². The minimum Gasteiger partial charge on any atom is -0.480 e. The summed E-state index contributed by atoms with van der Waals surface area (Å²) in [5.74, 6) is -2.17. The fourth-order valence-electron chi connectivity index (χ4n) is 3.75. The lowest BCUT2D eigenvalue weighted by atomic mass is 10.0. The number of nitrogens with zero attached hydrogens (tertiary/aromatic N) is 3. The van der Waals surface area contributed by atoms with Gasteiger partial charge in [-0.3, -0.25) is 4.79 Å². The van der Waals surface area contributed by atoms with Gasteiger partial charge >= 0.3 is 5.97 Å². The number of aryl methyl sites for hydroxylation is 1. The van der Waals surface area contributed by atoms with Gasteiger partial charge in [0.2, 0.25) is 20.0 Å². The second-order valence-corrected chi connectivity index (χ2v) is 12.8. The summed E-state index contributed by atoms with van der Waals surface area (Å²) in [4.78, 5) is 15.9. The molecule has 0 saturated heterocycles. The molecule has 1 atom stereocenters. The molecule has 0 amide bonds. The highest BCUT2D eigenvalue weighted by atomic mass is 35.5. The number of aromatic nitrogens is 2. The van der Waals surface area contributed by atoms with Crippen LogP contribution in [0.5, 0.6) is 0 Å². The smallest absolute Gasteiger partial charge is 0.322 e. The van der Waals surface area contributed by atoms with Crippen LogP contribution in [0.1, 0.15) is 57.1 Å². The van der Waals surface area contributed by atoms with Crippen molar-refractivity contribution in [3.05, 3.63) is 46.5 Å². The lowest BCUT2D eigenvalue weighted by molar-refractivity contribution is -0.141. The molecule has 0 aliphatic heterocycles. The summed E-state index contributed by atoms with van der Waals surface area (Å²) in [6.07, 6.45) is 2.36. The molecule has 0 fully saturated rings. The Morgan fingerprint density at radius 3 is 2.28 bits per heavy atom. The number of hydrogen-bond acceptors (Lipinski definition) is 7. The van der Waals surface area contributed by atoms with E-state index in [1.54, 1.807) is 18.4 Å². The van der Waals surface area contributed by atoms with Gasteiger partial charge in [0.05, 0.1) is 17.2 Å². The Hall–Kier alpha value is -2.03. The van der Waals surface area contributed by atoms with Crippen LogP contribution in [-0.4, -0.2) is 58.8 Å². The number of primary sulfonamides is 1. The molecular weight excluding hydrogens is 532 g/mol. The highest BCUT2D eigenvalue weighted by Crippen LogP contribution is 2.25. The van der Waals surface area contributed by atoms with Crippen LogP contribution in [-0.2, 0) is 44.4 Å². The highest BCUT2D eigenvalue weighted by Gasteiger charge is 2.38. The van der Waals surface area contributed by atoms with Gasteiger partial charge < -0.3 is 14.8 Å². The molecule has 0 radical (unpaired) electrons. The number of rotatable bonds is 14. The number of halogens is 1. The van der Waals surface area contributed by atoms with Gasteiger partial charge in [0.25, 0.3) is 0 Å². The number of aliphatic hydroxyl groups is 1. The second-order valence-electron chi connectivity index (χ2n) is 8.92. The average Bonchev–Trinajstić information content (AvgIpc) is 3.07. The van der Waals surface area contributed by atoms with Crippen LogP contribution >= 0.6 is 11.6 Å². The van der Waals surface area contributed by atoms with Crippen LogP contribution in [0.3, 0.4) is 0 Å². The number of aliphatic hydroxyl groups excluding tert-OH is 1. The van der Waals surface area contributed by atoms with E-state index in [9.17, 15) is 31.8 Å². The molecule has 1 aromatic heterocycles. The van der Waals surface area contributed by atoms with Crippen molar-refractivity contribution < 1.29 is 31.8 Å². The van der Waals surface area contributed by atoms with Crippen molar-refractivity contribution in [1.82, 2.24) is 13.9 Å². The zero-order valence-electron chi connectivity index (χ0n) is 20.5. The third kappa shape index (κ3) is 7.73. The van der Waals surface area contributed by atoms with E-state index in [0.29, 0.717) is 27.8 Å². The Bertz CT molecular complexity index is 1260. The molecule has 2 rings (SSSR count). The van der Waals surface area contributed by atoms with Crippen LogP contribution in [0.25, 0.3) is 0 Å². The van der Waals surface area contributed by atoms with Gasteiger partial charge in [-0.1, -0.05) is 50.9 Å². The Morgan fingerprint density at radius 2 is 1.81 bits per heavy atom. The number of benzene rings is 1. The second kappa shape index (κ2) is 12.5. The van der Waals surface area contributed by atoms with E-state index in [1.165, 1.54) is 24.3 Å². The molecular formula is C22H33ClN4O7S2. The summed E-state index contributed by atoms with van der Waals surface area (Å²) in [5, 5.41) is 24.7. The largest absolute Gasteiger partial charge is 0.480 e. The number of unbranched alkanes of at least 4 members (excludes halogenated alkanes) is 1. The number of carboxylic acid groups (broad SMARTS) is 1. The molecule has 1 heterocycles. The molecule has 2 aromatic rings. The predicted molar refractivity (Wildman–Crippen MR) is 135 cm³/mol. The standard InChI is InChI=1S/C22H33ClN4O7S2/c1-4-5-6-20-25-21(23)19(13-28)26(20)12-16-7-9-17(10-8-16)36(33,34)27(14-35(24,31)32)18(22(29)30)11-15(2)3/h7-10,15,18,28H,4-6,11-14H2,1-3H3,(H,29,30)(H2,24,31,32)/t18-/m1/s1. The summed E-state index contributed by atoms with van der Waals surface area (Å²) in [6.45, 7) is 5.38. The maximum Gasteiger partial charge on any atom is 0.322 e. The van der Waals surface area contributed by atoms with E-state index in [-0.39, 0.29) is 35.5 Å². The molecule has 202 valence electrons. The van der Waals surface area contributed by atoms with Crippen molar-refractivity contribution in [2.45, 2.75) is 70.5 Å². The summed E-state index contributed by atoms with van der Waals surface area (Å²) >= 11 is 6.18. The molecule has 0 saturated carbocycles. The van der Waals surface area contributed by atoms with Gasteiger partial charge in [0.1, 0.15) is 17.7 Å². The Morgan fingerprint density at radius 1 is 1.19 bits per heavy atom. The van der Waals surface area contributed by atoms with Gasteiger partial charge in [-0.25, -0.2) is 27.0 Å². The Labute approximate surface area is 217 Å². The van der Waals surface area contributed by atoms with E-state index in [2.05, 4.69) is 4.98 Å². The first-order valence-corrected chi connectivity index (χ1v) is 14.9. The fourth-order valence-corrected chi connectivity index (χ4v) is 6.80. The van der Waals surface area contributed by atoms with Gasteiger partial charge in [-0.05, 0) is 36.5 Å². The fraction of sp³-hybridized carbons (Fsp3) is 0.545. The lowest BCUT2D eigenvalue weighted by Crippen LogP contribution is -2.49. The number of aliphatic carboxylic acids is 1. The predicted octanol–water partition coefficient (Wildman–Crippen LogP) is 2.16. The molecule has 1 aromatic carbocycles. The quantitative estimate of drug-likeness (QED) is 0.313. The number of imidazole rings is 1. The zero-order chi connectivity index (χ0) is 27.3. The lowest BCUT2D eigenvalue weighted by Gasteiger charge is -2.28. The first-order chi connectivity index (χ1) is 16.7. The number of sulfonamides is 2. The normalized spacial score (nSPS) is 13.4. The summed E-state index contributed by atoms with van der Waals surface area (Å²) < 4.78 is 52.5. The van der Waals surface area contributed by atoms with Gasteiger partial charge in [-0.2, -0.15) is 4.31 Å². The SMILES string of the molecule is CCCCc1nc(Cl)c(CO)n1Cc1ccc(S(=O)(=O)N(CS(N)(=O)=O)[C@H](CC(C)C)C(=O)O)cc1. The van der Waals surface area contributed by atoms with E-state index < -0.39 is 37.9 Å². The van der Waals surface area contributed by atoms with E-state index in [0.717, 1.165) is 12.8 Å². The summed E-state index contributed by atoms with van der Waals surface area (Å²) in [5.41, 5.74) is 1.11. The number of carboxylic acids is 1. The van der Waals surface area contributed by atoms with Crippen molar-refractivity contribution in [1.29, 1.82) is 0 Å². The summed E-state index contributed by atoms with van der Waals surface area (Å²) in [6, 6.07) is 3.99. The van der Waals surface area contributed by atoms with Gasteiger partial charge in [-0.15, -0.1) is 0 Å². The maximum absolute atomic E-state index is 13.4. The first kappa shape index (κ1) is 30.2. The highest BCUT2D eigenvalue weighted by molar-refractivity contribution is 7.92. The molecule has 0 aliphatic rings. The third-order valence-corrected chi connectivity index (χ3v) is 8.48. The topological polar surface area (TPSA) is 173 Å². The number of hydrogen-bond donors (Lipinski definition) is 3. The minimum absolute atomic E-state index is 0.103. The van der Waals surface area contributed by atoms with Crippen LogP contribution in [0.4, 0.5) is 0 Å². The van der Waals surface area contributed by atoms with Crippen LogP contribution in [0, 0.1) is 5.92 Å². The minimum atomic E-state index is -4.53. The molecule has 11 nitrogen and oxygen atoms in total. The van der Waals surface area contributed by atoms with E-state index in [4.69, 9.17) is 16.7 Å². The van der Waals surface area contributed by atoms with Gasteiger partial charge in [0.15, 0.2) is 5.15 Å².